The number of likely N-dealkylation sites (tertiary alicyclic amines) is 1. The van der Waals surface area contributed by atoms with E-state index in [1.54, 1.807) is 58.0 Å². The number of aliphatic hydroxyl groups is 1. The summed E-state index contributed by atoms with van der Waals surface area (Å²) in [7, 11) is 0. The van der Waals surface area contributed by atoms with Crippen LogP contribution in [-0.4, -0.2) is 76.6 Å². The Morgan fingerprint density at radius 1 is 1.12 bits per heavy atom. The van der Waals surface area contributed by atoms with Gasteiger partial charge in [-0.3, -0.25) is 14.4 Å². The van der Waals surface area contributed by atoms with Crippen LogP contribution in [0.25, 0.3) is 0 Å². The van der Waals surface area contributed by atoms with E-state index in [9.17, 15) is 19.5 Å². The average molecular weight is 610 g/mol. The Balaban J connectivity index is 1.52. The maximum atomic E-state index is 14.5. The second-order valence-corrected chi connectivity index (χ2v) is 12.7. The minimum atomic E-state index is -0.857. The number of fused-ring (bicyclic) bond motifs is 1. The van der Waals surface area contributed by atoms with Gasteiger partial charge in [-0.25, -0.2) is 0 Å². The Hall–Kier alpha value is -3.27. The zero-order chi connectivity index (χ0) is 30.0. The molecule has 3 amide bonds. The molecular formula is C32H36ClN3O5S. The lowest BCUT2D eigenvalue weighted by Gasteiger charge is -2.37. The van der Waals surface area contributed by atoms with Crippen LogP contribution in [0, 0.1) is 11.8 Å². The van der Waals surface area contributed by atoms with Crippen molar-refractivity contribution in [2.75, 3.05) is 42.6 Å². The van der Waals surface area contributed by atoms with Crippen LogP contribution in [0.2, 0.25) is 5.02 Å². The Morgan fingerprint density at radius 2 is 1.81 bits per heavy atom. The van der Waals surface area contributed by atoms with E-state index in [4.69, 9.17) is 16.3 Å². The third-order valence-electron chi connectivity index (χ3n) is 8.42. The van der Waals surface area contributed by atoms with Crippen LogP contribution in [0.3, 0.4) is 0 Å². The van der Waals surface area contributed by atoms with Crippen LogP contribution >= 0.6 is 23.4 Å². The molecule has 10 heteroatoms. The summed E-state index contributed by atoms with van der Waals surface area (Å²) < 4.78 is 4.77. The minimum absolute atomic E-state index is 0.000654. The number of aliphatic hydroxyl groups excluding tert-OH is 1. The molecule has 2 bridgehead atoms. The lowest BCUT2D eigenvalue weighted by molar-refractivity contribution is -0.139. The molecular weight excluding hydrogens is 574 g/mol. The number of amides is 3. The van der Waals surface area contributed by atoms with E-state index in [1.165, 1.54) is 4.90 Å². The fourth-order valence-corrected chi connectivity index (χ4v) is 9.28. The van der Waals surface area contributed by atoms with Crippen molar-refractivity contribution in [3.05, 3.63) is 78.9 Å². The van der Waals surface area contributed by atoms with E-state index in [0.717, 1.165) is 0 Å². The van der Waals surface area contributed by atoms with E-state index in [-0.39, 0.29) is 49.2 Å². The van der Waals surface area contributed by atoms with E-state index in [2.05, 4.69) is 13.2 Å². The molecule has 5 rings (SSSR count). The van der Waals surface area contributed by atoms with E-state index in [1.807, 2.05) is 31.2 Å². The zero-order valence-corrected chi connectivity index (χ0v) is 25.2. The van der Waals surface area contributed by atoms with Crippen LogP contribution in [0.4, 0.5) is 11.4 Å². The maximum absolute atomic E-state index is 14.5. The highest BCUT2D eigenvalue weighted by Crippen LogP contribution is 2.66. The van der Waals surface area contributed by atoms with Crippen molar-refractivity contribution >= 4 is 52.5 Å². The second kappa shape index (κ2) is 12.5. The molecule has 8 nitrogen and oxygen atoms in total. The molecule has 1 spiro atoms. The van der Waals surface area contributed by atoms with Crippen LogP contribution in [-0.2, 0) is 14.4 Å². The van der Waals surface area contributed by atoms with Crippen molar-refractivity contribution in [3.8, 4) is 5.75 Å². The molecule has 3 saturated heterocycles. The smallest absolute Gasteiger partial charge is 0.251 e. The second-order valence-electron chi connectivity index (χ2n) is 10.7. The van der Waals surface area contributed by atoms with Crippen LogP contribution < -0.4 is 14.5 Å². The number of halogens is 1. The molecule has 3 heterocycles. The van der Waals surface area contributed by atoms with Gasteiger partial charge in [-0.15, -0.1) is 24.9 Å². The quantitative estimate of drug-likeness (QED) is 0.355. The molecule has 0 aromatic heterocycles. The molecule has 42 heavy (non-hydrogen) atoms. The summed E-state index contributed by atoms with van der Waals surface area (Å²) in [6.07, 6.45) is 4.62. The first-order chi connectivity index (χ1) is 20.3. The lowest BCUT2D eigenvalue weighted by atomic mass is 9.70. The number of nitrogens with zero attached hydrogens (tertiary/aromatic N) is 3. The van der Waals surface area contributed by atoms with Gasteiger partial charge in [-0.1, -0.05) is 35.9 Å². The molecule has 2 aromatic rings. The lowest BCUT2D eigenvalue weighted by Crippen LogP contribution is -2.55. The Labute approximate surface area is 255 Å². The van der Waals surface area contributed by atoms with Gasteiger partial charge < -0.3 is 24.5 Å². The maximum Gasteiger partial charge on any atom is 0.251 e. The van der Waals surface area contributed by atoms with Crippen LogP contribution in [0.15, 0.2) is 73.8 Å². The van der Waals surface area contributed by atoms with Crippen molar-refractivity contribution in [1.29, 1.82) is 0 Å². The van der Waals surface area contributed by atoms with E-state index >= 15 is 0 Å². The fraction of sp³-hybridized carbons (Fsp3) is 0.406. The first-order valence-electron chi connectivity index (χ1n) is 14.2. The number of hydrogen-bond acceptors (Lipinski definition) is 6. The molecule has 0 saturated carbocycles. The summed E-state index contributed by atoms with van der Waals surface area (Å²) in [6, 6.07) is 13.5. The third-order valence-corrected chi connectivity index (χ3v) is 10.7. The number of carbonyl (C=O) groups is 3. The highest BCUT2D eigenvalue weighted by Gasteiger charge is 2.74. The summed E-state index contributed by atoms with van der Waals surface area (Å²) in [5.41, 5.74) is 1.21. The topological polar surface area (TPSA) is 90.4 Å². The predicted molar refractivity (Wildman–Crippen MR) is 167 cm³/mol. The molecule has 3 aliphatic rings. The molecule has 222 valence electrons. The van der Waals surface area contributed by atoms with Crippen LogP contribution in [0.5, 0.6) is 5.75 Å². The number of anilines is 2. The van der Waals surface area contributed by atoms with Gasteiger partial charge in [0.1, 0.15) is 11.8 Å². The summed E-state index contributed by atoms with van der Waals surface area (Å²) in [5, 5.41) is 10.3. The Morgan fingerprint density at radius 3 is 2.45 bits per heavy atom. The molecule has 2 unspecified atom stereocenters. The van der Waals surface area contributed by atoms with Crippen molar-refractivity contribution < 1.29 is 24.2 Å². The van der Waals surface area contributed by atoms with Crippen molar-refractivity contribution in [3.63, 3.8) is 0 Å². The largest absolute Gasteiger partial charge is 0.494 e. The number of thioether (sulfide) groups is 1. The van der Waals surface area contributed by atoms with Gasteiger partial charge in [-0.2, -0.15) is 0 Å². The number of carbonyl (C=O) groups excluding carboxylic acids is 3. The first kappa shape index (κ1) is 30.2. The molecule has 0 radical (unpaired) electrons. The van der Waals surface area contributed by atoms with Crippen molar-refractivity contribution in [2.24, 2.45) is 11.8 Å². The van der Waals surface area contributed by atoms with Crippen molar-refractivity contribution in [2.45, 2.75) is 35.8 Å². The van der Waals surface area contributed by atoms with Gasteiger partial charge in [0.05, 0.1) is 40.5 Å². The van der Waals surface area contributed by atoms with Gasteiger partial charge in [-0.05, 0) is 56.2 Å². The molecule has 5 atom stereocenters. The van der Waals surface area contributed by atoms with Crippen LogP contribution in [0.1, 0.15) is 19.8 Å². The standard InChI is InChI=1S/C32H36ClN3O5S/c1-4-17-34(21-11-13-22(14-12-21)41-6-3)29(38)26-25-15-16-32(42-25)27(26)30(39)36(19-20-37)28(32)31(40)35(18-5-2)24-10-8-7-9-23(24)33/h4-5,7-14,25-28,37H,1-2,6,15-20H2,3H3/t25-,26+,27+,28?,32?/m1/s1. The highest BCUT2D eigenvalue weighted by molar-refractivity contribution is 8.02. The number of ether oxygens (including phenoxy) is 1. The number of β-amino-alcohol motifs (C(OH)–C–C–N with tert-alkyl or cyclic N) is 1. The predicted octanol–water partition coefficient (Wildman–Crippen LogP) is 4.56. The van der Waals surface area contributed by atoms with Gasteiger partial charge in [0.2, 0.25) is 11.8 Å². The van der Waals surface area contributed by atoms with Crippen molar-refractivity contribution in [1.82, 2.24) is 4.90 Å². The zero-order valence-electron chi connectivity index (χ0n) is 23.7. The highest BCUT2D eigenvalue weighted by atomic mass is 35.5. The van der Waals surface area contributed by atoms with Gasteiger partial charge >= 0.3 is 0 Å². The summed E-state index contributed by atoms with van der Waals surface area (Å²) in [5.74, 6) is -1.32. The first-order valence-corrected chi connectivity index (χ1v) is 15.5. The molecule has 1 N–H and O–H groups in total. The van der Waals surface area contributed by atoms with Gasteiger partial charge in [0.25, 0.3) is 5.91 Å². The number of benzene rings is 2. The van der Waals surface area contributed by atoms with Gasteiger partial charge in [0.15, 0.2) is 0 Å². The number of para-hydroxylation sites is 1. The number of hydrogen-bond donors (Lipinski definition) is 1. The summed E-state index contributed by atoms with van der Waals surface area (Å²) in [6.45, 7) is 10.3. The third kappa shape index (κ3) is 5.01. The number of rotatable bonds is 12. The Bertz CT molecular complexity index is 1370. The monoisotopic (exact) mass is 609 g/mol. The van der Waals surface area contributed by atoms with E-state index < -0.39 is 22.6 Å². The molecule has 3 fully saturated rings. The molecule has 3 aliphatic heterocycles. The normalized spacial score (nSPS) is 25.7. The molecule has 0 aliphatic carbocycles. The van der Waals surface area contributed by atoms with E-state index in [0.29, 0.717) is 41.6 Å². The SMILES string of the molecule is C=CCN(C(=O)[C@@H]1[C@H]2C(=O)N(CCO)C(C(=O)N(CC=C)c3ccccc3Cl)C23CC[C@H]1S3)c1ccc(OCC)cc1. The summed E-state index contributed by atoms with van der Waals surface area (Å²) in [4.78, 5) is 47.7. The molecule has 2 aromatic carbocycles. The van der Waals surface area contributed by atoms with Gasteiger partial charge in [0, 0.05) is 30.6 Å². The average Bonchev–Trinajstić information content (AvgIpc) is 3.63. The minimum Gasteiger partial charge on any atom is -0.494 e. The Kier molecular flexibility index (Phi) is 9.01. The summed E-state index contributed by atoms with van der Waals surface area (Å²) >= 11 is 8.10. The fourth-order valence-electron chi connectivity index (χ4n) is 6.84.